The SMILES string of the molecule is O=C(CN1CCCN(C(=O)Nc2cccc(Cl)c2)CC1)Nc1cccc(Cl)c1Cl. The van der Waals surface area contributed by atoms with Crippen LogP contribution < -0.4 is 10.6 Å². The summed E-state index contributed by atoms with van der Waals surface area (Å²) in [6.45, 7) is 2.67. The molecule has 0 spiro atoms. The number of benzene rings is 2. The molecule has 3 amide bonds. The van der Waals surface area contributed by atoms with E-state index in [2.05, 4.69) is 10.6 Å². The van der Waals surface area contributed by atoms with Gasteiger partial charge in [-0.15, -0.1) is 0 Å². The van der Waals surface area contributed by atoms with Gasteiger partial charge in [0.15, 0.2) is 0 Å². The quantitative estimate of drug-likeness (QED) is 0.694. The van der Waals surface area contributed by atoms with E-state index in [1.807, 2.05) is 4.90 Å². The molecule has 154 valence electrons. The molecule has 2 N–H and O–H groups in total. The third kappa shape index (κ3) is 6.24. The third-order valence-corrected chi connectivity index (χ3v) is 5.60. The minimum Gasteiger partial charge on any atom is -0.324 e. The fourth-order valence-corrected chi connectivity index (χ4v) is 3.63. The molecular weight excluding hydrogens is 435 g/mol. The van der Waals surface area contributed by atoms with Gasteiger partial charge in [-0.3, -0.25) is 9.69 Å². The molecule has 29 heavy (non-hydrogen) atoms. The van der Waals surface area contributed by atoms with Crippen LogP contribution in [0.2, 0.25) is 15.1 Å². The van der Waals surface area contributed by atoms with Crippen LogP contribution in [0.15, 0.2) is 42.5 Å². The van der Waals surface area contributed by atoms with Gasteiger partial charge in [-0.1, -0.05) is 46.9 Å². The number of anilines is 2. The minimum atomic E-state index is -0.177. The first-order valence-corrected chi connectivity index (χ1v) is 10.3. The maximum absolute atomic E-state index is 12.5. The van der Waals surface area contributed by atoms with Crippen molar-refractivity contribution in [3.63, 3.8) is 0 Å². The standard InChI is InChI=1S/C20H21Cl3N4O2/c21-14-4-1-5-15(12-14)24-20(29)27-9-3-8-26(10-11-27)13-18(28)25-17-7-2-6-16(22)19(17)23/h1-2,4-7,12H,3,8-11,13H2,(H,24,29)(H,25,28). The second-order valence-electron chi connectivity index (χ2n) is 6.71. The van der Waals surface area contributed by atoms with Crippen molar-refractivity contribution in [1.82, 2.24) is 9.80 Å². The molecule has 0 unspecified atom stereocenters. The molecule has 9 heteroatoms. The fourth-order valence-electron chi connectivity index (χ4n) is 3.09. The first kappa shape index (κ1) is 21.7. The lowest BCUT2D eigenvalue weighted by atomic mass is 10.3. The van der Waals surface area contributed by atoms with Crippen LogP contribution in [0.1, 0.15) is 6.42 Å². The van der Waals surface area contributed by atoms with Crippen molar-refractivity contribution in [3.8, 4) is 0 Å². The van der Waals surface area contributed by atoms with E-state index in [9.17, 15) is 9.59 Å². The van der Waals surface area contributed by atoms with Gasteiger partial charge in [-0.25, -0.2) is 4.79 Å². The molecule has 1 saturated heterocycles. The first-order valence-electron chi connectivity index (χ1n) is 9.20. The summed E-state index contributed by atoms with van der Waals surface area (Å²) < 4.78 is 0. The van der Waals surface area contributed by atoms with E-state index in [1.165, 1.54) is 0 Å². The van der Waals surface area contributed by atoms with E-state index >= 15 is 0 Å². The van der Waals surface area contributed by atoms with E-state index < -0.39 is 0 Å². The number of carbonyl (C=O) groups is 2. The number of carbonyl (C=O) groups excluding carboxylic acids is 2. The summed E-state index contributed by atoms with van der Waals surface area (Å²) in [5.74, 6) is -0.175. The molecule has 0 aromatic heterocycles. The van der Waals surface area contributed by atoms with Gasteiger partial charge in [0, 0.05) is 36.9 Å². The highest BCUT2D eigenvalue weighted by Crippen LogP contribution is 2.29. The Morgan fingerprint density at radius 3 is 2.52 bits per heavy atom. The number of nitrogens with zero attached hydrogens (tertiary/aromatic N) is 2. The summed E-state index contributed by atoms with van der Waals surface area (Å²) in [4.78, 5) is 28.7. The number of halogens is 3. The van der Waals surface area contributed by atoms with Crippen molar-refractivity contribution in [2.24, 2.45) is 0 Å². The molecule has 3 rings (SSSR count). The highest BCUT2D eigenvalue weighted by molar-refractivity contribution is 6.44. The predicted octanol–water partition coefficient (Wildman–Crippen LogP) is 4.83. The Morgan fingerprint density at radius 2 is 1.72 bits per heavy atom. The Kier molecular flexibility index (Phi) is 7.61. The van der Waals surface area contributed by atoms with Gasteiger partial charge in [-0.2, -0.15) is 0 Å². The van der Waals surface area contributed by atoms with Crippen LogP contribution in [0.25, 0.3) is 0 Å². The number of nitrogens with one attached hydrogen (secondary N) is 2. The Balaban J connectivity index is 1.51. The highest BCUT2D eigenvalue weighted by atomic mass is 35.5. The lowest BCUT2D eigenvalue weighted by Crippen LogP contribution is -2.39. The topological polar surface area (TPSA) is 64.7 Å². The number of hydrogen-bond acceptors (Lipinski definition) is 3. The molecule has 1 aliphatic rings. The van der Waals surface area contributed by atoms with Gasteiger partial charge in [0.05, 0.1) is 22.3 Å². The predicted molar refractivity (Wildman–Crippen MR) is 118 cm³/mol. The van der Waals surface area contributed by atoms with Crippen molar-refractivity contribution in [2.45, 2.75) is 6.42 Å². The molecule has 0 atom stereocenters. The zero-order valence-corrected chi connectivity index (χ0v) is 17.9. The molecule has 0 radical (unpaired) electrons. The molecule has 1 aliphatic heterocycles. The van der Waals surface area contributed by atoms with Gasteiger partial charge >= 0.3 is 6.03 Å². The second-order valence-corrected chi connectivity index (χ2v) is 7.93. The molecule has 0 aliphatic carbocycles. The van der Waals surface area contributed by atoms with Crippen LogP contribution in [-0.4, -0.2) is 54.5 Å². The Hall–Kier alpha value is -1.99. The van der Waals surface area contributed by atoms with E-state index in [1.54, 1.807) is 47.4 Å². The summed E-state index contributed by atoms with van der Waals surface area (Å²) in [6, 6.07) is 12.0. The summed E-state index contributed by atoms with van der Waals surface area (Å²) in [5.41, 5.74) is 1.14. The number of amides is 3. The molecule has 2 aromatic rings. The van der Waals surface area contributed by atoms with E-state index in [-0.39, 0.29) is 18.5 Å². The molecule has 2 aromatic carbocycles. The zero-order valence-electron chi connectivity index (χ0n) is 15.6. The van der Waals surface area contributed by atoms with Crippen molar-refractivity contribution in [3.05, 3.63) is 57.5 Å². The highest BCUT2D eigenvalue weighted by Gasteiger charge is 2.21. The van der Waals surface area contributed by atoms with E-state index in [0.29, 0.717) is 46.1 Å². The minimum absolute atomic E-state index is 0.175. The van der Waals surface area contributed by atoms with Crippen molar-refractivity contribution < 1.29 is 9.59 Å². The fraction of sp³-hybridized carbons (Fsp3) is 0.300. The van der Waals surface area contributed by atoms with Crippen LogP contribution >= 0.6 is 34.8 Å². The van der Waals surface area contributed by atoms with Gasteiger partial charge < -0.3 is 15.5 Å². The first-order chi connectivity index (χ1) is 13.9. The largest absolute Gasteiger partial charge is 0.324 e. The van der Waals surface area contributed by atoms with Crippen LogP contribution in [0.4, 0.5) is 16.2 Å². The average Bonchev–Trinajstić information content (AvgIpc) is 2.91. The normalized spacial score (nSPS) is 14.9. The van der Waals surface area contributed by atoms with Crippen LogP contribution in [-0.2, 0) is 4.79 Å². The Morgan fingerprint density at radius 1 is 0.931 bits per heavy atom. The average molecular weight is 456 g/mol. The van der Waals surface area contributed by atoms with Crippen molar-refractivity contribution in [2.75, 3.05) is 43.4 Å². The Labute approximate surface area is 184 Å². The van der Waals surface area contributed by atoms with Crippen molar-refractivity contribution in [1.29, 1.82) is 0 Å². The molecule has 0 saturated carbocycles. The second kappa shape index (κ2) is 10.2. The van der Waals surface area contributed by atoms with E-state index in [4.69, 9.17) is 34.8 Å². The third-order valence-electron chi connectivity index (χ3n) is 4.54. The Bertz CT molecular complexity index is 894. The van der Waals surface area contributed by atoms with Gasteiger partial charge in [0.2, 0.25) is 5.91 Å². The zero-order chi connectivity index (χ0) is 20.8. The molecule has 1 fully saturated rings. The van der Waals surface area contributed by atoms with Crippen LogP contribution in [0.3, 0.4) is 0 Å². The lowest BCUT2D eigenvalue weighted by Gasteiger charge is -2.22. The summed E-state index contributed by atoms with van der Waals surface area (Å²) >= 11 is 18.1. The van der Waals surface area contributed by atoms with Gasteiger partial charge in [0.25, 0.3) is 0 Å². The number of hydrogen-bond donors (Lipinski definition) is 2. The van der Waals surface area contributed by atoms with Crippen LogP contribution in [0.5, 0.6) is 0 Å². The maximum Gasteiger partial charge on any atom is 0.321 e. The smallest absolute Gasteiger partial charge is 0.321 e. The molecule has 0 bridgehead atoms. The lowest BCUT2D eigenvalue weighted by molar-refractivity contribution is -0.117. The van der Waals surface area contributed by atoms with E-state index in [0.717, 1.165) is 13.0 Å². The van der Waals surface area contributed by atoms with Gasteiger partial charge in [0.1, 0.15) is 0 Å². The summed E-state index contributed by atoms with van der Waals surface area (Å²) in [5, 5.41) is 6.92. The number of rotatable bonds is 4. The monoisotopic (exact) mass is 454 g/mol. The molecule has 1 heterocycles. The van der Waals surface area contributed by atoms with Gasteiger partial charge in [-0.05, 0) is 36.8 Å². The van der Waals surface area contributed by atoms with Crippen LogP contribution in [0, 0.1) is 0 Å². The summed E-state index contributed by atoms with van der Waals surface area (Å²) in [6.07, 6.45) is 0.772. The summed E-state index contributed by atoms with van der Waals surface area (Å²) in [7, 11) is 0. The molecule has 6 nitrogen and oxygen atoms in total. The maximum atomic E-state index is 12.5. The van der Waals surface area contributed by atoms with Crippen molar-refractivity contribution >= 4 is 58.1 Å². The number of urea groups is 1. The molecular formula is C20H21Cl3N4O2.